The van der Waals surface area contributed by atoms with E-state index < -0.39 is 29.7 Å². The van der Waals surface area contributed by atoms with Crippen molar-refractivity contribution in [3.8, 4) is 51.7 Å². The van der Waals surface area contributed by atoms with E-state index in [1.807, 2.05) is 182 Å². The topological polar surface area (TPSA) is 363 Å². The summed E-state index contributed by atoms with van der Waals surface area (Å²) in [5.74, 6) is 0.260. The largest absolute Gasteiger partial charge is 0.506 e. The predicted octanol–water partition coefficient (Wildman–Crippen LogP) is 20.3. The second-order valence-corrected chi connectivity index (χ2v) is 30.7. The summed E-state index contributed by atoms with van der Waals surface area (Å²) in [4.78, 5) is 80.8. The van der Waals surface area contributed by atoms with Crippen LogP contribution in [-0.4, -0.2) is 113 Å². The molecule has 0 fully saturated rings. The molecule has 0 saturated heterocycles. The SMILES string of the molecule is NCCCOc1cc2ccccc2cc1C(=O)CCCCOc1cc2ccccc2cc1C(=O)Nc1ccc(Cl)cc1O.NCCCOc1cc2ccccc2cc1C(=O)Nc1ccc(Cl)cc1OC(=O)c1cc2ccccc2cc1OCCCN.NCCCOc1cc2ccccc2cc1C(=O)Nc1ccccc1OC(=O)c1cc2ccccc2cc1OCCCN. The van der Waals surface area contributed by atoms with Crippen LogP contribution in [0.5, 0.6) is 51.7 Å². The van der Waals surface area contributed by atoms with Crippen molar-refractivity contribution in [1.82, 2.24) is 0 Å². The average molecular weight is 1760 g/mol. The summed E-state index contributed by atoms with van der Waals surface area (Å²) in [7, 11) is 0. The molecule has 0 saturated carbocycles. The normalized spacial score (nSPS) is 11.0. The van der Waals surface area contributed by atoms with Crippen molar-refractivity contribution in [1.29, 1.82) is 0 Å². The van der Waals surface area contributed by atoms with Gasteiger partial charge in [0.15, 0.2) is 17.3 Å². The molecule has 0 aliphatic heterocycles. The summed E-state index contributed by atoms with van der Waals surface area (Å²) in [6, 6.07) is 84.0. The maximum Gasteiger partial charge on any atom is 0.347 e. The Bertz CT molecular complexity index is 6370. The van der Waals surface area contributed by atoms with Crippen molar-refractivity contribution in [3.05, 3.63) is 322 Å². The number of anilines is 3. The molecule has 23 nitrogen and oxygen atoms in total. The van der Waals surface area contributed by atoms with Gasteiger partial charge in [0.2, 0.25) is 0 Å². The summed E-state index contributed by atoms with van der Waals surface area (Å²) >= 11 is 12.2. The molecule has 0 heterocycles. The van der Waals surface area contributed by atoms with Gasteiger partial charge >= 0.3 is 11.9 Å². The molecule has 15 aromatic carbocycles. The summed E-state index contributed by atoms with van der Waals surface area (Å²) < 4.78 is 47.4. The number of ether oxygens (including phenoxy) is 8. The number of rotatable bonds is 37. The Kier molecular flexibility index (Phi) is 32.7. The smallest absolute Gasteiger partial charge is 0.347 e. The molecule has 15 rings (SSSR count). The highest BCUT2D eigenvalue weighted by atomic mass is 35.5. The molecule has 0 bridgehead atoms. The van der Waals surface area contributed by atoms with Crippen molar-refractivity contribution in [3.63, 3.8) is 0 Å². The second kappa shape index (κ2) is 45.7. The number of phenols is 1. The highest BCUT2D eigenvalue weighted by Gasteiger charge is 2.26. The van der Waals surface area contributed by atoms with E-state index in [-0.39, 0.29) is 45.5 Å². The molecule has 3 amide bonds. The number of ketones is 1. The number of Topliss-reactive ketones (excluding diaryl/α,β-unsaturated/α-hetero) is 1. The van der Waals surface area contributed by atoms with Gasteiger partial charge < -0.3 is 87.6 Å². The molecule has 25 heteroatoms. The van der Waals surface area contributed by atoms with E-state index in [1.165, 1.54) is 12.1 Å². The van der Waals surface area contributed by atoms with Gasteiger partial charge in [-0.2, -0.15) is 0 Å². The third-order valence-electron chi connectivity index (χ3n) is 20.6. The molecule has 14 N–H and O–H groups in total. The minimum absolute atomic E-state index is 0.00189. The van der Waals surface area contributed by atoms with E-state index in [1.54, 1.807) is 84.9 Å². The molecule has 0 aliphatic rings. The van der Waals surface area contributed by atoms with Gasteiger partial charge in [0, 0.05) is 28.6 Å². The van der Waals surface area contributed by atoms with E-state index in [4.69, 9.17) is 89.8 Å². The zero-order chi connectivity index (χ0) is 89.7. The molecule has 0 aromatic heterocycles. The van der Waals surface area contributed by atoms with Crippen molar-refractivity contribution >= 4 is 140 Å². The fourth-order valence-electron chi connectivity index (χ4n) is 14.0. The number of hydrogen-bond donors (Lipinski definition) is 9. The molecule has 0 spiro atoms. The van der Waals surface area contributed by atoms with Crippen LogP contribution >= 0.6 is 23.2 Å². The third kappa shape index (κ3) is 24.3. The number of carbonyl (C=O) groups is 6. The van der Waals surface area contributed by atoms with Gasteiger partial charge in [-0.25, -0.2) is 9.59 Å². The van der Waals surface area contributed by atoms with Crippen molar-refractivity contribution in [2.75, 3.05) is 88.3 Å². The molecular weight excluding hydrogens is 1660 g/mol. The van der Waals surface area contributed by atoms with Crippen LogP contribution < -0.4 is 82.5 Å². The van der Waals surface area contributed by atoms with Crippen LogP contribution in [0.3, 0.4) is 0 Å². The highest BCUT2D eigenvalue weighted by molar-refractivity contribution is 6.31. The number of phenolic OH excluding ortho intramolecular Hbond substituents is 1. The number of amides is 3. The van der Waals surface area contributed by atoms with Crippen LogP contribution in [0, 0.1) is 0 Å². The van der Waals surface area contributed by atoms with Crippen LogP contribution in [0.2, 0.25) is 10.0 Å². The van der Waals surface area contributed by atoms with Gasteiger partial charge in [-0.05, 0) is 251 Å². The van der Waals surface area contributed by atoms with E-state index in [2.05, 4.69) is 16.0 Å². The van der Waals surface area contributed by atoms with Gasteiger partial charge in [0.25, 0.3) is 17.7 Å². The van der Waals surface area contributed by atoms with Crippen molar-refractivity contribution in [2.24, 2.45) is 28.7 Å². The molecule has 128 heavy (non-hydrogen) atoms. The first-order valence-electron chi connectivity index (χ1n) is 42.2. The molecule has 15 aromatic rings. The number of aromatic hydroxyl groups is 1. The number of nitrogens with one attached hydrogen (secondary N) is 3. The van der Waals surface area contributed by atoms with Crippen molar-refractivity contribution < 1.29 is 71.8 Å². The number of para-hydroxylation sites is 2. The lowest BCUT2D eigenvalue weighted by Crippen LogP contribution is -2.17. The summed E-state index contributed by atoms with van der Waals surface area (Å²) in [5.41, 5.74) is 31.1. The standard InChI is InChI=1S/C35H33ClN2O5.C34H32ClN3O5.C34H33N3O5/c36-27-13-14-30(32(40)22-27)38-35(41)29-19-24-9-2-4-11-26(24)21-34(29)42-16-6-5-12-31(39)28-18-23-8-1-3-10-25(23)20-33(28)43-17-7-15-37;35-26-11-12-29(38-33(39)27-17-22-7-1-3-9-24(22)19-30(27)41-15-5-13-36)32(21-26)43-34(40)28-18-23-8-2-4-10-25(23)20-31(28)42-16-6-14-37;35-15-7-17-40-31-21-25-11-3-1-9-23(25)19-27(31)33(38)37-29-13-5-6-14-30(29)42-34(39)28-20-24-10-2-4-12-26(24)22-32(28)41-18-8-16-36/h1-4,8-11,13-14,18-22,40H,5-7,12,15-17,37H2,(H,38,41);1-4,7-12,17-21H,5-6,13-16,36-37H2,(H,38,39);1-6,9-14,19-22H,7-8,15-18,35-36H2,(H,37,38). The minimum Gasteiger partial charge on any atom is -0.506 e. The maximum absolute atomic E-state index is 13.6. The first kappa shape index (κ1) is 91.6. The van der Waals surface area contributed by atoms with Crippen LogP contribution in [0.15, 0.2) is 279 Å². The first-order valence-corrected chi connectivity index (χ1v) is 42.9. The van der Waals surface area contributed by atoms with E-state index >= 15 is 0 Å². The zero-order valence-corrected chi connectivity index (χ0v) is 71.8. The van der Waals surface area contributed by atoms with E-state index in [0.29, 0.717) is 196 Å². The van der Waals surface area contributed by atoms with Crippen LogP contribution in [0.25, 0.3) is 64.6 Å². The van der Waals surface area contributed by atoms with Crippen LogP contribution in [0.1, 0.15) is 114 Å². The van der Waals surface area contributed by atoms with E-state index in [0.717, 1.165) is 64.6 Å². The van der Waals surface area contributed by atoms with Crippen molar-refractivity contribution in [2.45, 2.75) is 51.4 Å². The van der Waals surface area contributed by atoms with E-state index in [9.17, 15) is 33.9 Å². The number of fused-ring (bicyclic) bond motifs is 6. The summed E-state index contributed by atoms with van der Waals surface area (Å²) in [5, 5.41) is 30.4. The van der Waals surface area contributed by atoms with Crippen LogP contribution in [-0.2, 0) is 0 Å². The predicted molar refractivity (Wildman–Crippen MR) is 508 cm³/mol. The number of nitrogens with two attached hydrogens (primary N) is 5. The Morgan fingerprint density at radius 2 is 0.516 bits per heavy atom. The Morgan fingerprint density at radius 3 is 0.859 bits per heavy atom. The van der Waals surface area contributed by atoms with Gasteiger partial charge in [-0.15, -0.1) is 0 Å². The lowest BCUT2D eigenvalue weighted by molar-refractivity contribution is 0.0721. The number of esters is 2. The number of halogens is 2. The van der Waals surface area contributed by atoms with Gasteiger partial charge in [-0.1, -0.05) is 181 Å². The monoisotopic (exact) mass is 1760 g/mol. The lowest BCUT2D eigenvalue weighted by Gasteiger charge is -2.16. The molecule has 0 aliphatic carbocycles. The quantitative estimate of drug-likeness (QED) is 0.00574. The number of benzene rings is 15. The van der Waals surface area contributed by atoms with Gasteiger partial charge in [-0.3, -0.25) is 19.2 Å². The average Bonchev–Trinajstić information content (AvgIpc) is 0.833. The Morgan fingerprint density at radius 1 is 0.258 bits per heavy atom. The molecule has 654 valence electrons. The minimum atomic E-state index is -0.664. The fourth-order valence-corrected chi connectivity index (χ4v) is 14.3. The van der Waals surface area contributed by atoms with Gasteiger partial charge in [0.1, 0.15) is 51.4 Å². The number of unbranched alkanes of at least 4 members (excludes halogenated alkanes) is 1. The zero-order valence-electron chi connectivity index (χ0n) is 70.3. The summed E-state index contributed by atoms with van der Waals surface area (Å²) in [6.07, 6.45) is 4.79. The number of hydrogen-bond acceptors (Lipinski definition) is 20. The second-order valence-electron chi connectivity index (χ2n) is 29.8. The maximum atomic E-state index is 13.6. The molecule has 0 radical (unpaired) electrons. The van der Waals surface area contributed by atoms with Gasteiger partial charge in [0.05, 0.1) is 79.0 Å². The fraction of sp³-hybridized carbons (Fsp3) is 0.184. The van der Waals surface area contributed by atoms with Crippen LogP contribution in [0.4, 0.5) is 17.1 Å². The first-order chi connectivity index (χ1) is 62.5. The third-order valence-corrected chi connectivity index (χ3v) is 21.1. The Hall–Kier alpha value is -14.1. The molecule has 0 atom stereocenters. The highest BCUT2D eigenvalue weighted by Crippen LogP contribution is 2.39. The summed E-state index contributed by atoms with van der Waals surface area (Å²) in [6.45, 7) is 4.59. The molecule has 0 unspecified atom stereocenters. The Labute approximate surface area is 750 Å². The lowest BCUT2D eigenvalue weighted by atomic mass is 10.00. The Balaban J connectivity index is 0.000000164. The number of carbonyl (C=O) groups excluding carboxylic acids is 6. The molecular formula is C103H98Cl2N8O15.